The molecule has 8 nitrogen and oxygen atoms in total. The minimum absolute atomic E-state index is 0.113. The van der Waals surface area contributed by atoms with E-state index in [0.717, 1.165) is 19.4 Å². The lowest BCUT2D eigenvalue weighted by Gasteiger charge is -2.38. The average Bonchev–Trinajstić information content (AvgIpc) is 2.97. The number of anilines is 1. The Bertz CT molecular complexity index is 495. The molecular formula is C11H16N4O4. The standard InChI is InChI=1S/C11H16N4O4/c1-13-8-12-9(15(16)17)10(13)14-4-2-3-11(7-14)18-5-6-19-11/h8H,2-7H2,1H3. The molecule has 0 bridgehead atoms. The fraction of sp³-hybridized carbons (Fsp3) is 0.727. The van der Waals surface area contributed by atoms with E-state index in [1.165, 1.54) is 6.33 Å². The molecule has 3 rings (SSSR count). The quantitative estimate of drug-likeness (QED) is 0.579. The first-order valence-electron chi connectivity index (χ1n) is 6.30. The van der Waals surface area contributed by atoms with Crippen molar-refractivity contribution in [3.05, 3.63) is 16.4 Å². The number of hydrogen-bond acceptors (Lipinski definition) is 6. The van der Waals surface area contributed by atoms with Gasteiger partial charge in [-0.15, -0.1) is 0 Å². The van der Waals surface area contributed by atoms with E-state index < -0.39 is 10.7 Å². The van der Waals surface area contributed by atoms with Crippen molar-refractivity contribution in [1.29, 1.82) is 0 Å². The molecule has 2 fully saturated rings. The van der Waals surface area contributed by atoms with Crippen LogP contribution in [0, 0.1) is 10.1 Å². The summed E-state index contributed by atoms with van der Waals surface area (Å²) in [7, 11) is 1.76. The summed E-state index contributed by atoms with van der Waals surface area (Å²) in [6.45, 7) is 2.42. The summed E-state index contributed by atoms with van der Waals surface area (Å²) in [5.41, 5.74) is 0. The molecule has 2 saturated heterocycles. The van der Waals surface area contributed by atoms with Crippen LogP contribution in [0.5, 0.6) is 0 Å². The molecule has 1 spiro atoms. The summed E-state index contributed by atoms with van der Waals surface area (Å²) < 4.78 is 13.0. The first-order chi connectivity index (χ1) is 9.11. The molecule has 104 valence electrons. The van der Waals surface area contributed by atoms with Crippen LogP contribution in [0.25, 0.3) is 0 Å². The van der Waals surface area contributed by atoms with E-state index >= 15 is 0 Å². The molecule has 3 heterocycles. The molecular weight excluding hydrogens is 252 g/mol. The van der Waals surface area contributed by atoms with Gasteiger partial charge in [-0.3, -0.25) is 4.57 Å². The number of imidazole rings is 1. The number of nitrogens with zero attached hydrogens (tertiary/aromatic N) is 4. The molecule has 2 aliphatic rings. The molecule has 0 amide bonds. The van der Waals surface area contributed by atoms with Gasteiger partial charge in [0.2, 0.25) is 12.1 Å². The van der Waals surface area contributed by atoms with E-state index in [1.807, 2.05) is 4.90 Å². The Morgan fingerprint density at radius 1 is 1.47 bits per heavy atom. The lowest BCUT2D eigenvalue weighted by Crippen LogP contribution is -2.49. The van der Waals surface area contributed by atoms with Gasteiger partial charge in [-0.2, -0.15) is 0 Å². The van der Waals surface area contributed by atoms with E-state index in [4.69, 9.17) is 9.47 Å². The summed E-state index contributed by atoms with van der Waals surface area (Å²) in [6, 6.07) is 0. The summed E-state index contributed by atoms with van der Waals surface area (Å²) in [5, 5.41) is 11.0. The minimum atomic E-state index is -0.601. The smallest absolute Gasteiger partial charge is 0.358 e. The van der Waals surface area contributed by atoms with E-state index in [2.05, 4.69) is 4.98 Å². The van der Waals surface area contributed by atoms with Gasteiger partial charge in [0, 0.05) is 20.0 Å². The first-order valence-corrected chi connectivity index (χ1v) is 6.30. The predicted molar refractivity (Wildman–Crippen MR) is 65.9 cm³/mol. The minimum Gasteiger partial charge on any atom is -0.358 e. The number of ether oxygens (including phenoxy) is 2. The highest BCUT2D eigenvalue weighted by atomic mass is 16.7. The Morgan fingerprint density at radius 3 is 2.89 bits per heavy atom. The van der Waals surface area contributed by atoms with Crippen molar-refractivity contribution in [2.75, 3.05) is 31.2 Å². The third kappa shape index (κ3) is 2.06. The predicted octanol–water partition coefficient (Wildman–Crippen LogP) is 0.672. The molecule has 0 aliphatic carbocycles. The third-order valence-corrected chi connectivity index (χ3v) is 3.59. The number of aromatic nitrogens is 2. The Labute approximate surface area is 110 Å². The van der Waals surface area contributed by atoms with Crippen molar-refractivity contribution >= 4 is 11.6 Å². The van der Waals surface area contributed by atoms with Crippen LogP contribution in [0.15, 0.2) is 6.33 Å². The van der Waals surface area contributed by atoms with Crippen LogP contribution in [0.2, 0.25) is 0 Å². The second-order valence-corrected chi connectivity index (χ2v) is 4.89. The highest BCUT2D eigenvalue weighted by Crippen LogP contribution is 2.35. The lowest BCUT2D eigenvalue weighted by molar-refractivity contribution is -0.388. The van der Waals surface area contributed by atoms with E-state index in [1.54, 1.807) is 11.6 Å². The Hall–Kier alpha value is -1.67. The number of piperidine rings is 1. The summed E-state index contributed by atoms with van der Waals surface area (Å²) in [6.07, 6.45) is 3.17. The van der Waals surface area contributed by atoms with Crippen LogP contribution in [0.3, 0.4) is 0 Å². The zero-order chi connectivity index (χ0) is 13.5. The maximum Gasteiger partial charge on any atom is 0.406 e. The molecule has 0 N–H and O–H groups in total. The van der Waals surface area contributed by atoms with Gasteiger partial charge in [0.1, 0.15) is 0 Å². The molecule has 0 atom stereocenters. The fourth-order valence-electron chi connectivity index (χ4n) is 2.81. The number of hydrogen-bond donors (Lipinski definition) is 0. The van der Waals surface area contributed by atoms with Gasteiger partial charge in [-0.05, 0) is 16.3 Å². The Balaban J connectivity index is 1.89. The van der Waals surface area contributed by atoms with E-state index in [-0.39, 0.29) is 5.82 Å². The zero-order valence-corrected chi connectivity index (χ0v) is 10.7. The number of rotatable bonds is 2. The van der Waals surface area contributed by atoms with Gasteiger partial charge in [-0.25, -0.2) is 0 Å². The number of aryl methyl sites for hydroxylation is 1. The summed E-state index contributed by atoms with van der Waals surface area (Å²) in [5.74, 6) is -0.197. The molecule has 1 aromatic rings. The normalized spacial score (nSPS) is 22.1. The highest BCUT2D eigenvalue weighted by Gasteiger charge is 2.43. The van der Waals surface area contributed by atoms with Crippen molar-refractivity contribution < 1.29 is 14.4 Å². The maximum absolute atomic E-state index is 11.0. The lowest BCUT2D eigenvalue weighted by atomic mass is 10.0. The molecule has 0 aromatic carbocycles. The molecule has 0 radical (unpaired) electrons. The van der Waals surface area contributed by atoms with Crippen LogP contribution in [0.1, 0.15) is 12.8 Å². The molecule has 2 aliphatic heterocycles. The highest BCUT2D eigenvalue weighted by molar-refractivity contribution is 5.55. The van der Waals surface area contributed by atoms with Crippen LogP contribution in [0.4, 0.5) is 11.6 Å². The first kappa shape index (κ1) is 12.4. The second-order valence-electron chi connectivity index (χ2n) is 4.89. The fourth-order valence-corrected chi connectivity index (χ4v) is 2.81. The summed E-state index contributed by atoms with van der Waals surface area (Å²) in [4.78, 5) is 16.4. The van der Waals surface area contributed by atoms with Crippen LogP contribution in [-0.4, -0.2) is 46.6 Å². The van der Waals surface area contributed by atoms with Crippen molar-refractivity contribution in [3.8, 4) is 0 Å². The van der Waals surface area contributed by atoms with Crippen molar-refractivity contribution in [2.45, 2.75) is 18.6 Å². The third-order valence-electron chi connectivity index (χ3n) is 3.59. The van der Waals surface area contributed by atoms with Crippen LogP contribution in [-0.2, 0) is 16.5 Å². The van der Waals surface area contributed by atoms with Crippen LogP contribution >= 0.6 is 0 Å². The van der Waals surface area contributed by atoms with Gasteiger partial charge >= 0.3 is 5.82 Å². The molecule has 1 aromatic heterocycles. The van der Waals surface area contributed by atoms with Gasteiger partial charge in [-0.1, -0.05) is 0 Å². The van der Waals surface area contributed by atoms with Gasteiger partial charge in [0.05, 0.1) is 19.8 Å². The van der Waals surface area contributed by atoms with Crippen molar-refractivity contribution in [3.63, 3.8) is 0 Å². The topological polar surface area (TPSA) is 82.7 Å². The zero-order valence-electron chi connectivity index (χ0n) is 10.7. The monoisotopic (exact) mass is 268 g/mol. The summed E-state index contributed by atoms with van der Waals surface area (Å²) >= 11 is 0. The van der Waals surface area contributed by atoms with Gasteiger partial charge in [0.25, 0.3) is 0 Å². The van der Waals surface area contributed by atoms with Gasteiger partial charge in [0.15, 0.2) is 5.79 Å². The SMILES string of the molecule is Cn1cnc([N+](=O)[O-])c1N1CCCC2(C1)OCCO2. The molecule has 19 heavy (non-hydrogen) atoms. The van der Waals surface area contributed by atoms with Crippen molar-refractivity contribution in [2.24, 2.45) is 7.05 Å². The largest absolute Gasteiger partial charge is 0.406 e. The Morgan fingerprint density at radius 2 is 2.21 bits per heavy atom. The molecule has 8 heteroatoms. The Kier molecular flexibility index (Phi) is 2.90. The van der Waals surface area contributed by atoms with Crippen LogP contribution < -0.4 is 4.90 Å². The van der Waals surface area contributed by atoms with Crippen molar-refractivity contribution in [1.82, 2.24) is 9.55 Å². The van der Waals surface area contributed by atoms with E-state index in [0.29, 0.717) is 25.6 Å². The second kappa shape index (κ2) is 4.46. The van der Waals surface area contributed by atoms with E-state index in [9.17, 15) is 10.1 Å². The molecule has 0 unspecified atom stereocenters. The van der Waals surface area contributed by atoms with Gasteiger partial charge < -0.3 is 24.5 Å². The maximum atomic E-state index is 11.0. The molecule has 0 saturated carbocycles. The number of nitro groups is 1. The average molecular weight is 268 g/mol.